The Hall–Kier alpha value is -1.01. The van der Waals surface area contributed by atoms with E-state index in [0.717, 1.165) is 0 Å². The minimum absolute atomic E-state index is 0.0375. The monoisotopic (exact) mass is 364 g/mol. The van der Waals surface area contributed by atoms with E-state index >= 15 is 0 Å². The smallest absolute Gasteiger partial charge is 0.331 e. The first kappa shape index (κ1) is 14.1. The van der Waals surface area contributed by atoms with Crippen LogP contribution in [0.15, 0.2) is 20.6 Å². The molecule has 0 unspecified atom stereocenters. The highest BCUT2D eigenvalue weighted by Gasteiger charge is 2.14. The van der Waals surface area contributed by atoms with Crippen LogP contribution in [0.4, 0.5) is 0 Å². The van der Waals surface area contributed by atoms with Crippen molar-refractivity contribution in [1.29, 1.82) is 0 Å². The summed E-state index contributed by atoms with van der Waals surface area (Å²) < 4.78 is 5.97. The fraction of sp³-hybridized carbons (Fsp3) is 0.182. The van der Waals surface area contributed by atoms with Gasteiger partial charge in [-0.15, -0.1) is 0 Å². The maximum atomic E-state index is 10.7. The molecule has 0 saturated heterocycles. The molecule has 0 spiro atoms. The molecule has 0 radical (unpaired) electrons. The van der Waals surface area contributed by atoms with Crippen LogP contribution in [0.2, 0.25) is 0 Å². The van der Waals surface area contributed by atoms with Crippen LogP contribution in [0, 0.1) is 0 Å². The van der Waals surface area contributed by atoms with E-state index in [1.54, 1.807) is 6.07 Å². The molecule has 0 amide bonds. The summed E-state index contributed by atoms with van der Waals surface area (Å²) in [6.07, 6.45) is 1.49. The second kappa shape index (κ2) is 5.55. The molecule has 4 nitrogen and oxygen atoms in total. The number of phenolic OH excluding ortho intramolecular Hbond substituents is 1. The average Bonchev–Trinajstić information content (AvgIpc) is 2.29. The van der Waals surface area contributed by atoms with Gasteiger partial charge in [-0.3, -0.25) is 0 Å². The molecule has 0 aliphatic heterocycles. The molecule has 0 saturated carbocycles. The Morgan fingerprint density at radius 1 is 1.41 bits per heavy atom. The van der Waals surface area contributed by atoms with Crippen molar-refractivity contribution in [3.63, 3.8) is 0 Å². The zero-order valence-corrected chi connectivity index (χ0v) is 12.3. The number of phenols is 1. The molecule has 0 fully saturated rings. The summed E-state index contributed by atoms with van der Waals surface area (Å²) in [5.74, 6) is -0.769. The lowest BCUT2D eigenvalue weighted by Gasteiger charge is -2.10. The van der Waals surface area contributed by atoms with E-state index in [-0.39, 0.29) is 17.1 Å². The van der Waals surface area contributed by atoms with E-state index in [2.05, 4.69) is 31.9 Å². The normalized spacial score (nSPS) is 11.4. The molecule has 0 aliphatic carbocycles. The summed E-state index contributed by atoms with van der Waals surface area (Å²) in [5.41, 5.74) is 0.789. The number of halogens is 2. The van der Waals surface area contributed by atoms with E-state index < -0.39 is 5.97 Å². The van der Waals surface area contributed by atoms with E-state index in [0.29, 0.717) is 14.5 Å². The maximum absolute atomic E-state index is 10.7. The molecule has 0 heterocycles. The molecule has 2 N–H and O–H groups in total. The maximum Gasteiger partial charge on any atom is 0.331 e. The van der Waals surface area contributed by atoms with E-state index in [1.165, 1.54) is 20.1 Å². The number of carboxylic acid groups (broad SMARTS) is 1. The molecule has 92 valence electrons. The molecular weight excluding hydrogens is 356 g/mol. The Kier molecular flexibility index (Phi) is 4.59. The van der Waals surface area contributed by atoms with Crippen molar-refractivity contribution in [1.82, 2.24) is 0 Å². The van der Waals surface area contributed by atoms with Gasteiger partial charge in [-0.25, -0.2) is 4.79 Å². The van der Waals surface area contributed by atoms with E-state index in [1.807, 2.05) is 0 Å². The van der Waals surface area contributed by atoms with Crippen molar-refractivity contribution >= 4 is 43.9 Å². The first-order chi connectivity index (χ1) is 7.88. The topological polar surface area (TPSA) is 66.8 Å². The van der Waals surface area contributed by atoms with Crippen molar-refractivity contribution in [2.45, 2.75) is 6.92 Å². The number of aliphatic carboxylic acids is 1. The van der Waals surface area contributed by atoms with Crippen LogP contribution in [-0.4, -0.2) is 23.3 Å². The van der Waals surface area contributed by atoms with Gasteiger partial charge in [-0.1, -0.05) is 0 Å². The first-order valence-electron chi connectivity index (χ1n) is 4.55. The molecule has 1 aromatic rings. The molecule has 6 heteroatoms. The van der Waals surface area contributed by atoms with Gasteiger partial charge in [0.05, 0.1) is 11.6 Å². The SMILES string of the molecule is COc1cc(/C=C(\C)C(=O)O)c(Br)c(Br)c1O. The number of hydrogen-bond acceptors (Lipinski definition) is 3. The lowest BCUT2D eigenvalue weighted by Crippen LogP contribution is -1.96. The van der Waals surface area contributed by atoms with Crippen molar-refractivity contribution in [3.8, 4) is 11.5 Å². The molecule has 1 rings (SSSR count). The summed E-state index contributed by atoms with van der Waals surface area (Å²) in [7, 11) is 1.42. The zero-order valence-electron chi connectivity index (χ0n) is 9.12. The first-order valence-corrected chi connectivity index (χ1v) is 6.13. The fourth-order valence-electron chi connectivity index (χ4n) is 1.17. The summed E-state index contributed by atoms with van der Waals surface area (Å²) >= 11 is 6.47. The minimum Gasteiger partial charge on any atom is -0.503 e. The van der Waals surface area contributed by atoms with Crippen LogP contribution >= 0.6 is 31.9 Å². The highest BCUT2D eigenvalue weighted by Crippen LogP contribution is 2.42. The van der Waals surface area contributed by atoms with Crippen LogP contribution in [0.3, 0.4) is 0 Å². The van der Waals surface area contributed by atoms with Gasteiger partial charge in [-0.05, 0) is 56.5 Å². The van der Waals surface area contributed by atoms with E-state index in [4.69, 9.17) is 9.84 Å². The Morgan fingerprint density at radius 3 is 2.47 bits per heavy atom. The van der Waals surface area contributed by atoms with Gasteiger partial charge in [0.25, 0.3) is 0 Å². The predicted molar refractivity (Wildman–Crippen MR) is 71.3 cm³/mol. The third-order valence-corrected chi connectivity index (χ3v) is 4.26. The Morgan fingerprint density at radius 2 is 2.00 bits per heavy atom. The third kappa shape index (κ3) is 3.01. The molecular formula is C11H10Br2O4. The van der Waals surface area contributed by atoms with Crippen molar-refractivity contribution in [3.05, 3.63) is 26.1 Å². The molecule has 0 aliphatic rings. The Bertz CT molecular complexity index is 495. The molecule has 0 aromatic heterocycles. The summed E-state index contributed by atoms with van der Waals surface area (Å²) in [6, 6.07) is 1.55. The number of carboxylic acids is 1. The molecule has 17 heavy (non-hydrogen) atoms. The predicted octanol–water partition coefficient (Wildman–Crippen LogP) is 3.41. The number of methoxy groups -OCH3 is 1. The van der Waals surface area contributed by atoms with Crippen LogP contribution in [-0.2, 0) is 4.79 Å². The number of hydrogen-bond donors (Lipinski definition) is 2. The standard InChI is InChI=1S/C11H10Br2O4/c1-5(11(15)16)3-6-4-7(17-2)10(14)9(13)8(6)12/h3-4,14H,1-2H3,(H,15,16)/b5-3+. The summed E-state index contributed by atoms with van der Waals surface area (Å²) in [5, 5.41) is 18.5. The zero-order chi connectivity index (χ0) is 13.2. The quantitative estimate of drug-likeness (QED) is 0.805. The van der Waals surface area contributed by atoms with Crippen molar-refractivity contribution < 1.29 is 19.7 Å². The number of ether oxygens (including phenoxy) is 1. The minimum atomic E-state index is -1.000. The van der Waals surface area contributed by atoms with Gasteiger partial charge >= 0.3 is 5.97 Å². The number of carbonyl (C=O) groups is 1. The molecule has 1 aromatic carbocycles. The number of benzene rings is 1. The highest BCUT2D eigenvalue weighted by molar-refractivity contribution is 9.13. The van der Waals surface area contributed by atoms with Gasteiger partial charge < -0.3 is 14.9 Å². The average molecular weight is 366 g/mol. The summed E-state index contributed by atoms with van der Waals surface area (Å²) in [4.78, 5) is 10.7. The van der Waals surface area contributed by atoms with E-state index in [9.17, 15) is 9.90 Å². The van der Waals surface area contributed by atoms with Gasteiger partial charge in [-0.2, -0.15) is 0 Å². The fourth-order valence-corrected chi connectivity index (χ4v) is 2.01. The van der Waals surface area contributed by atoms with Crippen LogP contribution < -0.4 is 4.74 Å². The second-order valence-corrected chi connectivity index (χ2v) is 4.86. The Balaban J connectivity index is 3.40. The lowest BCUT2D eigenvalue weighted by atomic mass is 10.1. The molecule has 0 bridgehead atoms. The lowest BCUT2D eigenvalue weighted by molar-refractivity contribution is -0.132. The number of rotatable bonds is 3. The van der Waals surface area contributed by atoms with Crippen molar-refractivity contribution in [2.24, 2.45) is 0 Å². The van der Waals surface area contributed by atoms with Gasteiger partial charge in [0.1, 0.15) is 0 Å². The van der Waals surface area contributed by atoms with Gasteiger partial charge in [0, 0.05) is 10.0 Å². The highest BCUT2D eigenvalue weighted by atomic mass is 79.9. The summed E-state index contributed by atoms with van der Waals surface area (Å²) in [6.45, 7) is 1.49. The largest absolute Gasteiger partial charge is 0.503 e. The third-order valence-electron chi connectivity index (χ3n) is 2.10. The molecule has 0 atom stereocenters. The second-order valence-electron chi connectivity index (χ2n) is 3.28. The van der Waals surface area contributed by atoms with Crippen molar-refractivity contribution in [2.75, 3.05) is 7.11 Å². The van der Waals surface area contributed by atoms with Gasteiger partial charge in [0.2, 0.25) is 0 Å². The number of aromatic hydroxyl groups is 1. The van der Waals surface area contributed by atoms with Crippen LogP contribution in [0.1, 0.15) is 12.5 Å². The van der Waals surface area contributed by atoms with Crippen LogP contribution in [0.5, 0.6) is 11.5 Å². The van der Waals surface area contributed by atoms with Gasteiger partial charge in [0.15, 0.2) is 11.5 Å². The van der Waals surface area contributed by atoms with Crippen LogP contribution in [0.25, 0.3) is 6.08 Å². The Labute approximate surface area is 115 Å².